The molecule has 5 nitrogen and oxygen atoms in total. The van der Waals surface area contributed by atoms with Crippen molar-refractivity contribution in [3.8, 4) is 0 Å². The number of benzene rings is 1. The van der Waals surface area contributed by atoms with Crippen molar-refractivity contribution in [2.75, 3.05) is 5.32 Å². The van der Waals surface area contributed by atoms with Crippen LogP contribution in [0.15, 0.2) is 24.3 Å². The van der Waals surface area contributed by atoms with Crippen LogP contribution < -0.4 is 5.32 Å². The number of para-hydroxylation sites is 1. The second-order valence-corrected chi connectivity index (χ2v) is 8.62. The highest BCUT2D eigenvalue weighted by atomic mass is 32.1. The SMILES string of the molecule is Cc1nnc(NC(=O)C2(Cc3nc4ccccc4s3)CCCC2)s1. The third kappa shape index (κ3) is 2.93. The van der Waals surface area contributed by atoms with Crippen molar-refractivity contribution in [2.24, 2.45) is 5.41 Å². The number of anilines is 1. The van der Waals surface area contributed by atoms with Gasteiger partial charge >= 0.3 is 0 Å². The van der Waals surface area contributed by atoms with Gasteiger partial charge in [-0.3, -0.25) is 4.79 Å². The molecule has 1 amide bonds. The van der Waals surface area contributed by atoms with Crippen molar-refractivity contribution in [1.82, 2.24) is 15.2 Å². The Bertz CT molecular complexity index is 846. The number of nitrogens with zero attached hydrogens (tertiary/aromatic N) is 3. The molecule has 0 aliphatic heterocycles. The summed E-state index contributed by atoms with van der Waals surface area (Å²) in [6, 6.07) is 8.14. The van der Waals surface area contributed by atoms with E-state index in [-0.39, 0.29) is 11.3 Å². The van der Waals surface area contributed by atoms with Gasteiger partial charge < -0.3 is 5.32 Å². The van der Waals surface area contributed by atoms with Gasteiger partial charge in [-0.1, -0.05) is 36.3 Å². The van der Waals surface area contributed by atoms with Crippen molar-refractivity contribution in [1.29, 1.82) is 0 Å². The Balaban J connectivity index is 1.59. The number of hydrogen-bond acceptors (Lipinski definition) is 6. The number of aromatic nitrogens is 3. The highest BCUT2D eigenvalue weighted by Gasteiger charge is 2.42. The second kappa shape index (κ2) is 6.22. The molecular formula is C17H18N4OS2. The Morgan fingerprint density at radius 3 is 2.71 bits per heavy atom. The van der Waals surface area contributed by atoms with E-state index >= 15 is 0 Å². The molecule has 0 bridgehead atoms. The predicted molar refractivity (Wildman–Crippen MR) is 97.5 cm³/mol. The van der Waals surface area contributed by atoms with Crippen molar-refractivity contribution >= 4 is 43.9 Å². The van der Waals surface area contributed by atoms with Crippen molar-refractivity contribution in [3.63, 3.8) is 0 Å². The monoisotopic (exact) mass is 358 g/mol. The molecule has 1 aliphatic rings. The molecule has 1 aliphatic carbocycles. The van der Waals surface area contributed by atoms with E-state index in [0.29, 0.717) is 11.6 Å². The molecule has 1 N–H and O–H groups in total. The topological polar surface area (TPSA) is 67.8 Å². The molecule has 0 atom stereocenters. The molecule has 4 rings (SSSR count). The molecule has 0 saturated heterocycles. The van der Waals surface area contributed by atoms with Gasteiger partial charge in [0.2, 0.25) is 11.0 Å². The van der Waals surface area contributed by atoms with Crippen molar-refractivity contribution < 1.29 is 4.79 Å². The normalized spacial score (nSPS) is 16.5. The minimum absolute atomic E-state index is 0.0652. The van der Waals surface area contributed by atoms with Crippen LogP contribution in [0, 0.1) is 12.3 Å². The first-order valence-corrected chi connectivity index (χ1v) is 9.74. The summed E-state index contributed by atoms with van der Waals surface area (Å²) in [4.78, 5) is 17.7. The first kappa shape index (κ1) is 15.7. The Morgan fingerprint density at radius 2 is 2.00 bits per heavy atom. The van der Waals surface area contributed by atoms with Gasteiger partial charge in [-0.15, -0.1) is 21.5 Å². The van der Waals surface area contributed by atoms with E-state index in [1.807, 2.05) is 25.1 Å². The summed E-state index contributed by atoms with van der Waals surface area (Å²) in [5.41, 5.74) is 0.652. The van der Waals surface area contributed by atoms with Crippen LogP contribution in [0.5, 0.6) is 0 Å². The quantitative estimate of drug-likeness (QED) is 0.759. The minimum Gasteiger partial charge on any atom is -0.300 e. The first-order valence-electron chi connectivity index (χ1n) is 8.11. The van der Waals surface area contributed by atoms with Gasteiger partial charge in [-0.25, -0.2) is 4.98 Å². The largest absolute Gasteiger partial charge is 0.300 e. The molecule has 124 valence electrons. The van der Waals surface area contributed by atoms with E-state index < -0.39 is 0 Å². The van der Waals surface area contributed by atoms with Gasteiger partial charge in [-0.2, -0.15) is 0 Å². The third-order valence-electron chi connectivity index (χ3n) is 4.62. The third-order valence-corrected chi connectivity index (χ3v) is 6.41. The number of thiazole rings is 1. The van der Waals surface area contributed by atoms with E-state index in [1.165, 1.54) is 16.0 Å². The minimum atomic E-state index is -0.368. The predicted octanol–water partition coefficient (Wildman–Crippen LogP) is 4.20. The van der Waals surface area contributed by atoms with Crippen LogP contribution in [0.4, 0.5) is 5.13 Å². The Hall–Kier alpha value is -1.86. The molecule has 7 heteroatoms. The molecular weight excluding hydrogens is 340 g/mol. The number of hydrogen-bond donors (Lipinski definition) is 1. The van der Waals surface area contributed by atoms with Gasteiger partial charge in [0.15, 0.2) is 0 Å². The van der Waals surface area contributed by atoms with Gasteiger partial charge in [0.25, 0.3) is 0 Å². The Kier molecular flexibility index (Phi) is 4.05. The lowest BCUT2D eigenvalue weighted by Crippen LogP contribution is -2.35. The van der Waals surface area contributed by atoms with Gasteiger partial charge in [-0.05, 0) is 31.9 Å². The van der Waals surface area contributed by atoms with Crippen LogP contribution in [-0.4, -0.2) is 21.1 Å². The van der Waals surface area contributed by atoms with Crippen LogP contribution in [0.25, 0.3) is 10.2 Å². The van der Waals surface area contributed by atoms with Crippen molar-refractivity contribution in [3.05, 3.63) is 34.3 Å². The van der Waals surface area contributed by atoms with E-state index in [4.69, 9.17) is 4.98 Å². The van der Waals surface area contributed by atoms with E-state index in [1.54, 1.807) is 11.3 Å². The Labute approximate surface area is 148 Å². The second-order valence-electron chi connectivity index (χ2n) is 6.32. The number of aryl methyl sites for hydroxylation is 1. The molecule has 2 aromatic heterocycles. The van der Waals surface area contributed by atoms with Crippen LogP contribution in [0.1, 0.15) is 35.7 Å². The average molecular weight is 358 g/mol. The number of carbonyl (C=O) groups excluding carboxylic acids is 1. The smallest absolute Gasteiger partial charge is 0.232 e. The fourth-order valence-electron chi connectivity index (χ4n) is 3.40. The summed E-state index contributed by atoms with van der Waals surface area (Å²) in [6.07, 6.45) is 4.70. The van der Waals surface area contributed by atoms with E-state index in [0.717, 1.165) is 41.2 Å². The fourth-order valence-corrected chi connectivity index (χ4v) is 5.10. The molecule has 3 aromatic rings. The standard InChI is InChI=1S/C17H18N4OS2/c1-11-20-21-16(23-11)19-15(22)17(8-4-5-9-17)10-14-18-12-6-2-3-7-13(12)24-14/h2-3,6-7H,4-5,8-10H2,1H3,(H,19,21,22). The molecule has 0 radical (unpaired) electrons. The highest BCUT2D eigenvalue weighted by Crippen LogP contribution is 2.43. The zero-order valence-corrected chi connectivity index (χ0v) is 15.0. The van der Waals surface area contributed by atoms with E-state index in [2.05, 4.69) is 21.6 Å². The Morgan fingerprint density at radius 1 is 1.21 bits per heavy atom. The summed E-state index contributed by atoms with van der Waals surface area (Å²) < 4.78 is 1.18. The lowest BCUT2D eigenvalue weighted by molar-refractivity contribution is -0.125. The molecule has 2 heterocycles. The summed E-state index contributed by atoms with van der Waals surface area (Å²) in [5, 5.41) is 13.5. The summed E-state index contributed by atoms with van der Waals surface area (Å²) in [5.74, 6) is 0.0652. The first-order chi connectivity index (χ1) is 11.6. The van der Waals surface area contributed by atoms with Crippen LogP contribution in [0.3, 0.4) is 0 Å². The maximum atomic E-state index is 13.0. The lowest BCUT2D eigenvalue weighted by atomic mass is 9.82. The highest BCUT2D eigenvalue weighted by molar-refractivity contribution is 7.18. The molecule has 1 saturated carbocycles. The van der Waals surface area contributed by atoms with Crippen LogP contribution >= 0.6 is 22.7 Å². The number of carbonyl (C=O) groups is 1. The molecule has 1 fully saturated rings. The van der Waals surface area contributed by atoms with Crippen LogP contribution in [-0.2, 0) is 11.2 Å². The van der Waals surface area contributed by atoms with Gasteiger partial charge in [0, 0.05) is 6.42 Å². The average Bonchev–Trinajstić information content (AvgIpc) is 3.27. The maximum Gasteiger partial charge on any atom is 0.232 e. The number of amides is 1. The molecule has 24 heavy (non-hydrogen) atoms. The molecule has 0 unspecified atom stereocenters. The maximum absolute atomic E-state index is 13.0. The summed E-state index contributed by atoms with van der Waals surface area (Å²) >= 11 is 3.11. The van der Waals surface area contributed by atoms with Gasteiger partial charge in [0.1, 0.15) is 5.01 Å². The van der Waals surface area contributed by atoms with E-state index in [9.17, 15) is 4.79 Å². The van der Waals surface area contributed by atoms with Crippen molar-refractivity contribution in [2.45, 2.75) is 39.0 Å². The summed E-state index contributed by atoms with van der Waals surface area (Å²) in [6.45, 7) is 1.89. The zero-order chi connectivity index (χ0) is 16.6. The fraction of sp³-hybridized carbons (Fsp3) is 0.412. The number of fused-ring (bicyclic) bond motifs is 1. The van der Waals surface area contributed by atoms with Gasteiger partial charge in [0.05, 0.1) is 20.6 Å². The molecule has 0 spiro atoms. The molecule has 1 aromatic carbocycles. The zero-order valence-electron chi connectivity index (χ0n) is 13.4. The summed E-state index contributed by atoms with van der Waals surface area (Å²) in [7, 11) is 0. The van der Waals surface area contributed by atoms with Crippen LogP contribution in [0.2, 0.25) is 0 Å². The lowest BCUT2D eigenvalue weighted by Gasteiger charge is -2.25. The number of rotatable bonds is 4. The number of nitrogens with one attached hydrogen (secondary N) is 1.